The van der Waals surface area contributed by atoms with E-state index in [4.69, 9.17) is 16.3 Å². The molecule has 0 saturated carbocycles. The summed E-state index contributed by atoms with van der Waals surface area (Å²) < 4.78 is 5.23. The minimum atomic E-state index is -0.533. The fourth-order valence-electron chi connectivity index (χ4n) is 4.23. The van der Waals surface area contributed by atoms with E-state index in [2.05, 4.69) is 10.2 Å². The van der Waals surface area contributed by atoms with Gasteiger partial charge in [0.2, 0.25) is 0 Å². The van der Waals surface area contributed by atoms with Crippen molar-refractivity contribution in [1.82, 2.24) is 15.1 Å². The van der Waals surface area contributed by atoms with Crippen LogP contribution in [0.5, 0.6) is 17.2 Å². The van der Waals surface area contributed by atoms with E-state index in [9.17, 15) is 15.0 Å². The molecule has 7 nitrogen and oxygen atoms in total. The zero-order chi connectivity index (χ0) is 23.1. The van der Waals surface area contributed by atoms with Crippen molar-refractivity contribution in [2.45, 2.75) is 12.6 Å². The molecule has 1 unspecified atom stereocenters. The van der Waals surface area contributed by atoms with E-state index in [1.807, 2.05) is 30.3 Å². The van der Waals surface area contributed by atoms with E-state index >= 15 is 0 Å². The van der Waals surface area contributed by atoms with Crippen molar-refractivity contribution in [3.05, 3.63) is 94.1 Å². The molecule has 0 fully saturated rings. The third-order valence-electron chi connectivity index (χ3n) is 5.78. The molecule has 0 saturated heterocycles. The van der Waals surface area contributed by atoms with Crippen LogP contribution in [0.1, 0.15) is 33.2 Å². The van der Waals surface area contributed by atoms with Gasteiger partial charge in [0.05, 0.1) is 13.2 Å². The van der Waals surface area contributed by atoms with Gasteiger partial charge >= 0.3 is 0 Å². The first-order valence-corrected chi connectivity index (χ1v) is 10.6. The number of carbonyl (C=O) groups excluding carboxylic acids is 1. The van der Waals surface area contributed by atoms with E-state index in [1.54, 1.807) is 42.3 Å². The molecule has 0 aliphatic carbocycles. The Bertz CT molecular complexity index is 1350. The van der Waals surface area contributed by atoms with E-state index in [-0.39, 0.29) is 17.4 Å². The predicted octanol–water partition coefficient (Wildman–Crippen LogP) is 4.90. The number of fused-ring (bicyclic) bond motifs is 1. The van der Waals surface area contributed by atoms with Crippen LogP contribution in [0, 0.1) is 0 Å². The summed E-state index contributed by atoms with van der Waals surface area (Å²) in [7, 11) is 1.60. The largest absolute Gasteiger partial charge is 0.508 e. The molecule has 2 heterocycles. The van der Waals surface area contributed by atoms with Crippen molar-refractivity contribution < 1.29 is 19.7 Å². The number of carbonyl (C=O) groups is 1. The first-order valence-electron chi connectivity index (χ1n) is 10.3. The molecular formula is C25H20ClN3O4. The number of nitrogens with one attached hydrogen (secondary N) is 1. The number of hydrogen-bond acceptors (Lipinski definition) is 5. The maximum Gasteiger partial charge on any atom is 0.273 e. The fourth-order valence-corrected chi connectivity index (χ4v) is 4.40. The Morgan fingerprint density at radius 2 is 1.88 bits per heavy atom. The Kier molecular flexibility index (Phi) is 5.18. The number of nitrogens with zero attached hydrogens (tertiary/aromatic N) is 2. The van der Waals surface area contributed by atoms with E-state index in [0.29, 0.717) is 34.1 Å². The van der Waals surface area contributed by atoms with Gasteiger partial charge < -0.3 is 19.8 Å². The molecule has 166 valence electrons. The molecule has 1 aliphatic heterocycles. The molecule has 3 N–H and O–H groups in total. The van der Waals surface area contributed by atoms with E-state index in [0.717, 1.165) is 16.9 Å². The van der Waals surface area contributed by atoms with Gasteiger partial charge in [-0.05, 0) is 53.6 Å². The van der Waals surface area contributed by atoms with Crippen molar-refractivity contribution in [2.75, 3.05) is 7.11 Å². The first-order chi connectivity index (χ1) is 16.0. The van der Waals surface area contributed by atoms with Gasteiger partial charge in [0.1, 0.15) is 28.6 Å². The number of aromatic amines is 1. The van der Waals surface area contributed by atoms with Crippen LogP contribution in [0.15, 0.2) is 66.7 Å². The highest BCUT2D eigenvalue weighted by molar-refractivity contribution is 6.31. The quantitative estimate of drug-likeness (QED) is 0.393. The lowest BCUT2D eigenvalue weighted by Crippen LogP contribution is -2.29. The summed E-state index contributed by atoms with van der Waals surface area (Å²) in [5.41, 5.74) is 3.45. The highest BCUT2D eigenvalue weighted by Gasteiger charge is 2.42. The molecule has 1 atom stereocenters. The molecular weight excluding hydrogens is 442 g/mol. The van der Waals surface area contributed by atoms with E-state index in [1.165, 1.54) is 6.07 Å². The topological polar surface area (TPSA) is 98.7 Å². The molecule has 33 heavy (non-hydrogen) atoms. The third-order valence-corrected chi connectivity index (χ3v) is 6.01. The number of benzene rings is 3. The summed E-state index contributed by atoms with van der Waals surface area (Å²) in [4.78, 5) is 15.2. The predicted molar refractivity (Wildman–Crippen MR) is 124 cm³/mol. The molecule has 1 aromatic heterocycles. The molecule has 0 bridgehead atoms. The van der Waals surface area contributed by atoms with Gasteiger partial charge in [-0.1, -0.05) is 35.9 Å². The summed E-state index contributed by atoms with van der Waals surface area (Å²) >= 11 is 6.18. The number of halogens is 1. The third kappa shape index (κ3) is 3.66. The van der Waals surface area contributed by atoms with Gasteiger partial charge in [0.15, 0.2) is 0 Å². The minimum Gasteiger partial charge on any atom is -0.508 e. The zero-order valence-electron chi connectivity index (χ0n) is 17.6. The number of H-pyrrole nitrogens is 1. The molecule has 4 aromatic rings. The minimum absolute atomic E-state index is 0.00409. The lowest BCUT2D eigenvalue weighted by atomic mass is 9.95. The summed E-state index contributed by atoms with van der Waals surface area (Å²) in [6, 6.07) is 18.4. The lowest BCUT2D eigenvalue weighted by Gasteiger charge is -2.26. The molecule has 0 radical (unpaired) electrons. The van der Waals surface area contributed by atoms with Gasteiger partial charge in [-0.25, -0.2) is 0 Å². The zero-order valence-corrected chi connectivity index (χ0v) is 18.4. The average molecular weight is 462 g/mol. The standard InChI is InChI=1S/C25H20ClN3O4/c1-33-18-8-5-14(6-9-18)13-29-24(15-3-2-4-17(30)11-15)21-22(27-28-23(21)25(29)32)19-12-16(26)7-10-20(19)31/h2-12,24,30-31H,13H2,1H3,(H,27,28). The molecule has 1 aliphatic rings. The van der Waals surface area contributed by atoms with Crippen molar-refractivity contribution in [2.24, 2.45) is 0 Å². The van der Waals surface area contributed by atoms with Crippen LogP contribution in [-0.4, -0.2) is 38.3 Å². The number of ether oxygens (including phenoxy) is 1. The van der Waals surface area contributed by atoms with Crippen molar-refractivity contribution >= 4 is 17.5 Å². The van der Waals surface area contributed by atoms with Crippen LogP contribution in [0.3, 0.4) is 0 Å². The van der Waals surface area contributed by atoms with Crippen LogP contribution in [0.25, 0.3) is 11.3 Å². The number of phenols is 2. The molecule has 8 heteroatoms. The van der Waals surface area contributed by atoms with Crippen molar-refractivity contribution in [3.8, 4) is 28.5 Å². The summed E-state index contributed by atoms with van der Waals surface area (Å²) in [6.45, 7) is 0.326. The Balaban J connectivity index is 1.65. The number of methoxy groups -OCH3 is 1. The number of aromatic nitrogens is 2. The Morgan fingerprint density at radius 3 is 2.61 bits per heavy atom. The van der Waals surface area contributed by atoms with Gasteiger partial charge in [-0.3, -0.25) is 9.89 Å². The second-order valence-corrected chi connectivity index (χ2v) is 8.24. The van der Waals surface area contributed by atoms with Crippen LogP contribution in [-0.2, 0) is 6.54 Å². The monoisotopic (exact) mass is 461 g/mol. The molecule has 3 aromatic carbocycles. The summed E-state index contributed by atoms with van der Waals surface area (Å²) in [5, 5.41) is 28.3. The SMILES string of the molecule is COc1ccc(CN2C(=O)c3[nH]nc(-c4cc(Cl)ccc4O)c3C2c2cccc(O)c2)cc1. The Hall–Kier alpha value is -3.97. The highest BCUT2D eigenvalue weighted by atomic mass is 35.5. The van der Waals surface area contributed by atoms with Gasteiger partial charge in [-0.2, -0.15) is 5.10 Å². The smallest absolute Gasteiger partial charge is 0.273 e. The van der Waals surface area contributed by atoms with Crippen LogP contribution in [0.4, 0.5) is 0 Å². The Labute approximate surface area is 194 Å². The maximum atomic E-state index is 13.5. The summed E-state index contributed by atoms with van der Waals surface area (Å²) in [6.07, 6.45) is 0. The second kappa shape index (κ2) is 8.18. The van der Waals surface area contributed by atoms with Crippen molar-refractivity contribution in [1.29, 1.82) is 0 Å². The van der Waals surface area contributed by atoms with Gasteiger partial charge in [0.25, 0.3) is 5.91 Å². The normalized spacial score (nSPS) is 15.0. The maximum absolute atomic E-state index is 13.5. The van der Waals surface area contributed by atoms with Crippen LogP contribution in [0.2, 0.25) is 5.02 Å². The highest BCUT2D eigenvalue weighted by Crippen LogP contribution is 2.45. The molecule has 0 spiro atoms. The molecule has 1 amide bonds. The van der Waals surface area contributed by atoms with Crippen LogP contribution < -0.4 is 4.74 Å². The van der Waals surface area contributed by atoms with E-state index < -0.39 is 6.04 Å². The summed E-state index contributed by atoms with van der Waals surface area (Å²) in [5.74, 6) is 0.594. The molecule has 5 rings (SSSR count). The van der Waals surface area contributed by atoms with Gasteiger partial charge in [0, 0.05) is 22.7 Å². The van der Waals surface area contributed by atoms with Crippen molar-refractivity contribution in [3.63, 3.8) is 0 Å². The number of rotatable bonds is 5. The van der Waals surface area contributed by atoms with Gasteiger partial charge in [-0.15, -0.1) is 0 Å². The average Bonchev–Trinajstić information content (AvgIpc) is 3.35. The number of aromatic hydroxyl groups is 2. The second-order valence-electron chi connectivity index (χ2n) is 7.80. The fraction of sp³-hybridized carbons (Fsp3) is 0.120. The number of amides is 1. The number of hydrogen-bond donors (Lipinski definition) is 3. The number of phenolic OH excluding ortho intramolecular Hbond substituents is 2. The van der Waals surface area contributed by atoms with Crippen LogP contribution >= 0.6 is 11.6 Å². The lowest BCUT2D eigenvalue weighted by molar-refractivity contribution is 0.0730. The Morgan fingerprint density at radius 1 is 1.09 bits per heavy atom. The first kappa shape index (κ1) is 20.9.